The fourth-order valence-electron chi connectivity index (χ4n) is 2.91. The lowest BCUT2D eigenvalue weighted by Crippen LogP contribution is -2.10. The predicted molar refractivity (Wildman–Crippen MR) is 92.2 cm³/mol. The molecule has 2 heterocycles. The third kappa shape index (κ3) is 2.25. The molecule has 0 aliphatic heterocycles. The summed E-state index contributed by atoms with van der Waals surface area (Å²) in [6, 6.07) is 11.3. The average molecular weight is 317 g/mol. The number of aromatic nitrogens is 4. The van der Waals surface area contributed by atoms with Crippen LogP contribution >= 0.6 is 0 Å². The van der Waals surface area contributed by atoms with Crippen molar-refractivity contribution in [2.24, 2.45) is 12.8 Å². The number of rotatable bonds is 3. The summed E-state index contributed by atoms with van der Waals surface area (Å²) < 4.78 is 1.77. The molecule has 3 N–H and O–H groups in total. The standard InChI is InChI=1S/C18H15N5O/c1-23-9-13(8-22-23)14-6-7-15-17(21-10-20-15)16(14)11-2-4-12(5-3-11)18(19)24/h2-10H,1H3,(H2,19,24)(H,20,21). The normalized spacial score (nSPS) is 11.0. The number of carbonyl (C=O) groups excluding carboxylic acids is 1. The van der Waals surface area contributed by atoms with Crippen LogP contribution in [-0.4, -0.2) is 25.7 Å². The van der Waals surface area contributed by atoms with Crippen LogP contribution in [0.3, 0.4) is 0 Å². The second-order valence-corrected chi connectivity index (χ2v) is 5.63. The summed E-state index contributed by atoms with van der Waals surface area (Å²) >= 11 is 0. The van der Waals surface area contributed by atoms with E-state index in [0.29, 0.717) is 5.56 Å². The van der Waals surface area contributed by atoms with Crippen molar-refractivity contribution >= 4 is 16.9 Å². The Bertz CT molecular complexity index is 1040. The zero-order valence-corrected chi connectivity index (χ0v) is 13.0. The minimum Gasteiger partial charge on any atom is -0.366 e. The smallest absolute Gasteiger partial charge is 0.248 e. The molecule has 4 rings (SSSR count). The number of hydrogen-bond acceptors (Lipinski definition) is 3. The number of benzene rings is 2. The predicted octanol–water partition coefficient (Wildman–Crippen LogP) is 2.73. The Kier molecular flexibility index (Phi) is 3.16. The SMILES string of the molecule is Cn1cc(-c2ccc3nc[nH]c3c2-c2ccc(C(N)=O)cc2)cn1. The number of primary amides is 1. The summed E-state index contributed by atoms with van der Waals surface area (Å²) in [5, 5.41) is 4.26. The second kappa shape index (κ2) is 5.34. The molecule has 0 saturated carbocycles. The fraction of sp³-hybridized carbons (Fsp3) is 0.0556. The van der Waals surface area contributed by atoms with Gasteiger partial charge >= 0.3 is 0 Å². The average Bonchev–Trinajstić information content (AvgIpc) is 3.22. The van der Waals surface area contributed by atoms with Crippen molar-refractivity contribution in [1.29, 1.82) is 0 Å². The maximum absolute atomic E-state index is 11.3. The first-order chi connectivity index (χ1) is 11.6. The van der Waals surface area contributed by atoms with Gasteiger partial charge in [0.2, 0.25) is 5.91 Å². The van der Waals surface area contributed by atoms with Gasteiger partial charge in [-0.05, 0) is 29.3 Å². The number of nitrogens with one attached hydrogen (secondary N) is 1. The molecule has 0 aliphatic rings. The van der Waals surface area contributed by atoms with Gasteiger partial charge in [-0.15, -0.1) is 0 Å². The van der Waals surface area contributed by atoms with E-state index in [2.05, 4.69) is 15.1 Å². The van der Waals surface area contributed by atoms with Crippen molar-refractivity contribution in [2.45, 2.75) is 0 Å². The van der Waals surface area contributed by atoms with Crippen LogP contribution in [0.15, 0.2) is 55.1 Å². The molecule has 0 atom stereocenters. The van der Waals surface area contributed by atoms with E-state index in [4.69, 9.17) is 5.73 Å². The number of carbonyl (C=O) groups is 1. The van der Waals surface area contributed by atoms with Crippen LogP contribution < -0.4 is 5.73 Å². The number of nitrogens with two attached hydrogens (primary N) is 1. The largest absolute Gasteiger partial charge is 0.366 e. The molecule has 24 heavy (non-hydrogen) atoms. The van der Waals surface area contributed by atoms with Gasteiger partial charge in [0.25, 0.3) is 0 Å². The van der Waals surface area contributed by atoms with Crippen molar-refractivity contribution in [3.05, 3.63) is 60.7 Å². The summed E-state index contributed by atoms with van der Waals surface area (Å²) in [7, 11) is 1.89. The van der Waals surface area contributed by atoms with Gasteiger partial charge in [0.1, 0.15) is 0 Å². The van der Waals surface area contributed by atoms with Crippen molar-refractivity contribution in [3.63, 3.8) is 0 Å². The zero-order chi connectivity index (χ0) is 16.7. The number of aryl methyl sites for hydroxylation is 1. The molecule has 2 aromatic heterocycles. The van der Waals surface area contributed by atoms with Crippen LogP contribution in [-0.2, 0) is 7.05 Å². The van der Waals surface area contributed by atoms with Gasteiger partial charge in [0.05, 0.1) is 23.6 Å². The van der Waals surface area contributed by atoms with E-state index in [0.717, 1.165) is 33.3 Å². The molecule has 0 aliphatic carbocycles. The minimum atomic E-state index is -0.436. The van der Waals surface area contributed by atoms with Crippen LogP contribution in [0.4, 0.5) is 0 Å². The number of amides is 1. The summed E-state index contributed by atoms with van der Waals surface area (Å²) in [4.78, 5) is 18.9. The third-order valence-corrected chi connectivity index (χ3v) is 4.07. The Morgan fingerprint density at radius 3 is 2.58 bits per heavy atom. The van der Waals surface area contributed by atoms with Gasteiger partial charge in [-0.3, -0.25) is 9.48 Å². The van der Waals surface area contributed by atoms with E-state index in [1.807, 2.05) is 43.7 Å². The molecular formula is C18H15N5O. The van der Waals surface area contributed by atoms with Gasteiger partial charge < -0.3 is 10.7 Å². The van der Waals surface area contributed by atoms with E-state index in [-0.39, 0.29) is 0 Å². The monoisotopic (exact) mass is 317 g/mol. The molecule has 0 unspecified atom stereocenters. The number of nitrogens with zero attached hydrogens (tertiary/aromatic N) is 3. The van der Waals surface area contributed by atoms with E-state index in [1.165, 1.54) is 0 Å². The van der Waals surface area contributed by atoms with Gasteiger partial charge in [-0.2, -0.15) is 5.10 Å². The first kappa shape index (κ1) is 14.2. The maximum Gasteiger partial charge on any atom is 0.248 e. The van der Waals surface area contributed by atoms with E-state index >= 15 is 0 Å². The van der Waals surface area contributed by atoms with Gasteiger partial charge in [0, 0.05) is 29.9 Å². The minimum absolute atomic E-state index is 0.436. The highest BCUT2D eigenvalue weighted by Gasteiger charge is 2.15. The van der Waals surface area contributed by atoms with Crippen LogP contribution in [0.2, 0.25) is 0 Å². The lowest BCUT2D eigenvalue weighted by atomic mass is 9.94. The Morgan fingerprint density at radius 2 is 1.92 bits per heavy atom. The molecule has 0 radical (unpaired) electrons. The van der Waals surface area contributed by atoms with Crippen molar-refractivity contribution < 1.29 is 4.79 Å². The van der Waals surface area contributed by atoms with Crippen LogP contribution in [0, 0.1) is 0 Å². The lowest BCUT2D eigenvalue weighted by Gasteiger charge is -2.10. The van der Waals surface area contributed by atoms with E-state index < -0.39 is 5.91 Å². The molecule has 6 heteroatoms. The summed E-state index contributed by atoms with van der Waals surface area (Å²) in [6.07, 6.45) is 5.48. The van der Waals surface area contributed by atoms with Gasteiger partial charge in [-0.1, -0.05) is 18.2 Å². The first-order valence-electron chi connectivity index (χ1n) is 7.49. The number of aromatic amines is 1. The highest BCUT2D eigenvalue weighted by atomic mass is 16.1. The molecule has 6 nitrogen and oxygen atoms in total. The van der Waals surface area contributed by atoms with Crippen molar-refractivity contribution in [3.8, 4) is 22.3 Å². The summed E-state index contributed by atoms with van der Waals surface area (Å²) in [5.41, 5.74) is 11.7. The topological polar surface area (TPSA) is 89.6 Å². The van der Waals surface area contributed by atoms with Crippen molar-refractivity contribution in [1.82, 2.24) is 19.7 Å². The maximum atomic E-state index is 11.3. The first-order valence-corrected chi connectivity index (χ1v) is 7.49. The summed E-state index contributed by atoms with van der Waals surface area (Å²) in [5.74, 6) is -0.436. The molecule has 2 aromatic carbocycles. The molecule has 0 bridgehead atoms. The van der Waals surface area contributed by atoms with E-state index in [9.17, 15) is 4.79 Å². The highest BCUT2D eigenvalue weighted by Crippen LogP contribution is 2.36. The van der Waals surface area contributed by atoms with Crippen LogP contribution in [0.1, 0.15) is 10.4 Å². The van der Waals surface area contributed by atoms with Crippen molar-refractivity contribution in [2.75, 3.05) is 0 Å². The van der Waals surface area contributed by atoms with Gasteiger partial charge in [0.15, 0.2) is 0 Å². The second-order valence-electron chi connectivity index (χ2n) is 5.63. The molecule has 118 valence electrons. The highest BCUT2D eigenvalue weighted by molar-refractivity contribution is 6.01. The summed E-state index contributed by atoms with van der Waals surface area (Å²) in [6.45, 7) is 0. The number of imidazole rings is 1. The molecule has 0 saturated heterocycles. The molecular weight excluding hydrogens is 302 g/mol. The van der Waals surface area contributed by atoms with E-state index in [1.54, 1.807) is 23.1 Å². The number of H-pyrrole nitrogens is 1. The lowest BCUT2D eigenvalue weighted by molar-refractivity contribution is 0.100. The number of fused-ring (bicyclic) bond motifs is 1. The van der Waals surface area contributed by atoms with Crippen LogP contribution in [0.5, 0.6) is 0 Å². The number of hydrogen-bond donors (Lipinski definition) is 2. The van der Waals surface area contributed by atoms with Gasteiger partial charge in [-0.25, -0.2) is 4.98 Å². The third-order valence-electron chi connectivity index (χ3n) is 4.07. The molecule has 0 fully saturated rings. The Labute approximate surface area is 137 Å². The molecule has 0 spiro atoms. The molecule has 4 aromatic rings. The molecule has 1 amide bonds. The Balaban J connectivity index is 1.97. The fourth-order valence-corrected chi connectivity index (χ4v) is 2.91. The quantitative estimate of drug-likeness (QED) is 0.609. The Hall–Kier alpha value is -3.41. The Morgan fingerprint density at radius 1 is 1.12 bits per heavy atom. The zero-order valence-electron chi connectivity index (χ0n) is 13.0. The van der Waals surface area contributed by atoms with Crippen LogP contribution in [0.25, 0.3) is 33.3 Å².